The maximum atomic E-state index is 12.3. The molecule has 3 rings (SSSR count). The number of halogens is 3. The Morgan fingerprint density at radius 3 is 2.30 bits per heavy atom. The highest BCUT2D eigenvalue weighted by Gasteiger charge is 2.41. The van der Waals surface area contributed by atoms with E-state index < -0.39 is 24.8 Å². The Labute approximate surface area is 132 Å². The third-order valence-corrected chi connectivity index (χ3v) is 4.76. The fourth-order valence-electron chi connectivity index (χ4n) is 3.52. The highest BCUT2D eigenvalue weighted by atomic mass is 19.4. The average molecular weight is 331 g/mol. The van der Waals surface area contributed by atoms with Crippen LogP contribution in [0.2, 0.25) is 0 Å². The summed E-state index contributed by atoms with van der Waals surface area (Å²) in [6.45, 7) is 1.33. The van der Waals surface area contributed by atoms with Crippen molar-refractivity contribution in [3.05, 3.63) is 18.0 Å². The van der Waals surface area contributed by atoms with Crippen LogP contribution in [0, 0.1) is 11.8 Å². The summed E-state index contributed by atoms with van der Waals surface area (Å²) in [5.74, 6) is 0.953. The summed E-state index contributed by atoms with van der Waals surface area (Å²) < 4.78 is 36.9. The van der Waals surface area contributed by atoms with Crippen molar-refractivity contribution in [3.8, 4) is 0 Å². The molecule has 1 saturated carbocycles. The van der Waals surface area contributed by atoms with Crippen LogP contribution in [0.5, 0.6) is 0 Å². The van der Waals surface area contributed by atoms with Crippen molar-refractivity contribution in [3.63, 3.8) is 0 Å². The number of nitrogens with zero attached hydrogens (tertiary/aromatic N) is 3. The van der Waals surface area contributed by atoms with Gasteiger partial charge in [-0.3, -0.25) is 0 Å². The van der Waals surface area contributed by atoms with Gasteiger partial charge < -0.3 is 15.1 Å². The van der Waals surface area contributed by atoms with Crippen molar-refractivity contribution in [2.24, 2.45) is 11.8 Å². The Kier molecular flexibility index (Phi) is 4.46. The van der Waals surface area contributed by atoms with E-state index in [1.807, 2.05) is 4.90 Å². The lowest BCUT2D eigenvalue weighted by Gasteiger charge is -2.31. The molecule has 4 atom stereocenters. The van der Waals surface area contributed by atoms with E-state index in [4.69, 9.17) is 0 Å². The second-order valence-corrected chi connectivity index (χ2v) is 6.49. The lowest BCUT2D eigenvalue weighted by atomic mass is 9.79. The summed E-state index contributed by atoms with van der Waals surface area (Å²) >= 11 is 0. The first-order valence-electron chi connectivity index (χ1n) is 7.81. The quantitative estimate of drug-likeness (QED) is 0.879. The molecule has 0 bridgehead atoms. The summed E-state index contributed by atoms with van der Waals surface area (Å²) in [5.41, 5.74) is 0.377. The SMILES string of the molecule is O[C@@H]1C[C@@H]2CN(c3nccc(CCC(F)(F)F)n3)C[C@@H]2C[C@H]1O. The zero-order valence-electron chi connectivity index (χ0n) is 12.6. The van der Waals surface area contributed by atoms with Crippen LogP contribution in [0.25, 0.3) is 0 Å². The maximum absolute atomic E-state index is 12.3. The number of aliphatic hydroxyl groups is 2. The molecule has 0 aromatic carbocycles. The molecule has 2 fully saturated rings. The third kappa shape index (κ3) is 3.92. The molecule has 0 amide bonds. The van der Waals surface area contributed by atoms with Gasteiger partial charge in [-0.15, -0.1) is 0 Å². The largest absolute Gasteiger partial charge is 0.390 e. The van der Waals surface area contributed by atoms with Gasteiger partial charge in [0.25, 0.3) is 0 Å². The lowest BCUT2D eigenvalue weighted by Crippen LogP contribution is -2.38. The molecule has 128 valence electrons. The van der Waals surface area contributed by atoms with Crippen LogP contribution in [0.4, 0.5) is 19.1 Å². The first-order chi connectivity index (χ1) is 10.8. The zero-order valence-corrected chi connectivity index (χ0v) is 12.6. The molecule has 2 N–H and O–H groups in total. The average Bonchev–Trinajstić information content (AvgIpc) is 2.88. The molecule has 2 heterocycles. The first kappa shape index (κ1) is 16.4. The van der Waals surface area contributed by atoms with E-state index in [2.05, 4.69) is 9.97 Å². The topological polar surface area (TPSA) is 69.5 Å². The van der Waals surface area contributed by atoms with Gasteiger partial charge in [0.2, 0.25) is 5.95 Å². The number of hydrogen-bond acceptors (Lipinski definition) is 5. The standard InChI is InChI=1S/C15H20F3N3O2/c16-15(17,18)3-1-11-2-4-19-14(20-11)21-7-9-5-12(22)13(23)6-10(9)8-21/h2,4,9-10,12-13,22-23H,1,3,5-8H2/t9-,10+,12-,13-/m1/s1. The van der Waals surface area contributed by atoms with Gasteiger partial charge in [0.05, 0.1) is 12.2 Å². The Morgan fingerprint density at radius 1 is 1.13 bits per heavy atom. The van der Waals surface area contributed by atoms with Crippen LogP contribution in [-0.4, -0.2) is 51.7 Å². The number of fused-ring (bicyclic) bond motifs is 1. The van der Waals surface area contributed by atoms with E-state index >= 15 is 0 Å². The lowest BCUT2D eigenvalue weighted by molar-refractivity contribution is -0.134. The molecule has 23 heavy (non-hydrogen) atoms. The van der Waals surface area contributed by atoms with E-state index in [0.717, 1.165) is 0 Å². The van der Waals surface area contributed by atoms with Gasteiger partial charge in [-0.2, -0.15) is 13.2 Å². The van der Waals surface area contributed by atoms with Gasteiger partial charge in [-0.1, -0.05) is 0 Å². The molecular formula is C15H20F3N3O2. The molecule has 1 aliphatic carbocycles. The summed E-state index contributed by atoms with van der Waals surface area (Å²) in [7, 11) is 0. The molecular weight excluding hydrogens is 311 g/mol. The van der Waals surface area contributed by atoms with Gasteiger partial charge in [-0.25, -0.2) is 9.97 Å². The second kappa shape index (κ2) is 6.24. The molecule has 2 aliphatic rings. The molecule has 1 saturated heterocycles. The number of aliphatic hydroxyl groups excluding tert-OH is 2. The molecule has 0 spiro atoms. The highest BCUT2D eigenvalue weighted by molar-refractivity contribution is 5.33. The molecule has 0 unspecified atom stereocenters. The minimum Gasteiger partial charge on any atom is -0.390 e. The number of alkyl halides is 3. The van der Waals surface area contributed by atoms with E-state index in [0.29, 0.717) is 37.6 Å². The molecule has 8 heteroatoms. The highest BCUT2D eigenvalue weighted by Crippen LogP contribution is 2.37. The molecule has 1 aromatic heterocycles. The Bertz CT molecular complexity index is 537. The van der Waals surface area contributed by atoms with E-state index in [-0.39, 0.29) is 18.3 Å². The number of anilines is 1. The van der Waals surface area contributed by atoms with Crippen molar-refractivity contribution in [1.82, 2.24) is 9.97 Å². The monoisotopic (exact) mass is 331 g/mol. The minimum atomic E-state index is -4.19. The van der Waals surface area contributed by atoms with Crippen LogP contribution >= 0.6 is 0 Å². The second-order valence-electron chi connectivity index (χ2n) is 6.49. The fraction of sp³-hybridized carbons (Fsp3) is 0.733. The van der Waals surface area contributed by atoms with Gasteiger partial charge >= 0.3 is 6.18 Å². The maximum Gasteiger partial charge on any atom is 0.389 e. The minimum absolute atomic E-state index is 0.156. The number of aromatic nitrogens is 2. The Hall–Kier alpha value is -1.41. The van der Waals surface area contributed by atoms with Gasteiger partial charge in [0, 0.05) is 31.4 Å². The Balaban J connectivity index is 1.66. The zero-order chi connectivity index (χ0) is 16.6. The summed E-state index contributed by atoms with van der Waals surface area (Å²) in [6.07, 6.45) is -4.08. The molecule has 1 aromatic rings. The molecule has 5 nitrogen and oxygen atoms in total. The van der Waals surface area contributed by atoms with Gasteiger partial charge in [0.15, 0.2) is 0 Å². The van der Waals surface area contributed by atoms with E-state index in [1.54, 1.807) is 0 Å². The first-order valence-corrected chi connectivity index (χ1v) is 7.81. The van der Waals surface area contributed by atoms with Crippen molar-refractivity contribution >= 4 is 5.95 Å². The van der Waals surface area contributed by atoms with E-state index in [9.17, 15) is 23.4 Å². The fourth-order valence-corrected chi connectivity index (χ4v) is 3.52. The smallest absolute Gasteiger partial charge is 0.389 e. The van der Waals surface area contributed by atoms with Gasteiger partial charge in [-0.05, 0) is 37.2 Å². The van der Waals surface area contributed by atoms with Gasteiger partial charge in [0.1, 0.15) is 0 Å². The van der Waals surface area contributed by atoms with Crippen LogP contribution in [0.15, 0.2) is 12.3 Å². The summed E-state index contributed by atoms with van der Waals surface area (Å²) in [5, 5.41) is 19.5. The van der Waals surface area contributed by atoms with E-state index in [1.165, 1.54) is 12.3 Å². The predicted molar refractivity (Wildman–Crippen MR) is 76.8 cm³/mol. The van der Waals surface area contributed by atoms with Crippen molar-refractivity contribution < 1.29 is 23.4 Å². The number of rotatable bonds is 3. The Morgan fingerprint density at radius 2 is 1.74 bits per heavy atom. The van der Waals surface area contributed by atoms with Crippen LogP contribution in [-0.2, 0) is 6.42 Å². The van der Waals surface area contributed by atoms with Crippen LogP contribution in [0.3, 0.4) is 0 Å². The number of hydrogen-bond donors (Lipinski definition) is 2. The van der Waals surface area contributed by atoms with Crippen LogP contribution < -0.4 is 4.90 Å². The summed E-state index contributed by atoms with van der Waals surface area (Å²) in [4.78, 5) is 10.4. The van der Waals surface area contributed by atoms with Crippen molar-refractivity contribution in [2.45, 2.75) is 44.1 Å². The van der Waals surface area contributed by atoms with Crippen LogP contribution in [0.1, 0.15) is 25.0 Å². The molecule has 0 radical (unpaired) electrons. The summed E-state index contributed by atoms with van der Waals surface area (Å²) in [6, 6.07) is 1.51. The number of aryl methyl sites for hydroxylation is 1. The van der Waals surface area contributed by atoms with Crippen molar-refractivity contribution in [2.75, 3.05) is 18.0 Å². The molecule has 1 aliphatic heterocycles. The normalized spacial score (nSPS) is 31.3. The third-order valence-electron chi connectivity index (χ3n) is 4.76. The van der Waals surface area contributed by atoms with Crippen molar-refractivity contribution in [1.29, 1.82) is 0 Å². The predicted octanol–water partition coefficient (Wildman–Crippen LogP) is 1.54.